The molecule has 1 saturated heterocycles. The molecule has 1 heterocycles. The quantitative estimate of drug-likeness (QED) is 0.850. The number of benzene rings is 1. The van der Waals surface area contributed by atoms with Crippen molar-refractivity contribution in [2.75, 3.05) is 31.9 Å². The molecule has 122 valence electrons. The first kappa shape index (κ1) is 17.0. The Balaban J connectivity index is 2.06. The minimum Gasteiger partial charge on any atom is -0.337 e. The van der Waals surface area contributed by atoms with Crippen molar-refractivity contribution in [2.45, 2.75) is 26.7 Å². The van der Waals surface area contributed by atoms with Crippen molar-refractivity contribution >= 4 is 15.9 Å². The number of carbonyl (C=O) groups is 1. The first-order valence-corrected chi connectivity index (χ1v) is 9.38. The van der Waals surface area contributed by atoms with Gasteiger partial charge < -0.3 is 4.90 Å². The van der Waals surface area contributed by atoms with Crippen molar-refractivity contribution in [3.05, 3.63) is 35.4 Å². The number of rotatable bonds is 4. The van der Waals surface area contributed by atoms with E-state index in [-0.39, 0.29) is 11.7 Å². The summed E-state index contributed by atoms with van der Waals surface area (Å²) in [6.45, 7) is 5.77. The molecule has 0 atom stereocenters. The Kier molecular flexibility index (Phi) is 5.58. The first-order valence-electron chi connectivity index (χ1n) is 7.78. The van der Waals surface area contributed by atoms with Gasteiger partial charge in [-0.1, -0.05) is 24.6 Å². The Labute approximate surface area is 133 Å². The lowest BCUT2D eigenvalue weighted by Crippen LogP contribution is -2.38. The minimum absolute atomic E-state index is 0.0153. The summed E-state index contributed by atoms with van der Waals surface area (Å²) in [4.78, 5) is 14.3. The highest BCUT2D eigenvalue weighted by Crippen LogP contribution is 2.13. The van der Waals surface area contributed by atoms with Gasteiger partial charge in [-0.15, -0.1) is 0 Å². The van der Waals surface area contributed by atoms with Crippen LogP contribution in [0.1, 0.15) is 35.7 Å². The minimum atomic E-state index is -3.18. The molecule has 0 spiro atoms. The van der Waals surface area contributed by atoms with Gasteiger partial charge >= 0.3 is 0 Å². The van der Waals surface area contributed by atoms with Crippen LogP contribution in [0.2, 0.25) is 0 Å². The van der Waals surface area contributed by atoms with Gasteiger partial charge in [0.25, 0.3) is 5.91 Å². The fourth-order valence-electron chi connectivity index (χ4n) is 2.72. The molecule has 1 fully saturated rings. The summed E-state index contributed by atoms with van der Waals surface area (Å²) in [6.07, 6.45) is 1.30. The SMILES string of the molecule is CCCS(=O)(=O)N1CCCN(C(=O)c2cccc(C)c2)CC1. The summed E-state index contributed by atoms with van der Waals surface area (Å²) >= 11 is 0. The van der Waals surface area contributed by atoms with E-state index in [0.29, 0.717) is 44.6 Å². The first-order chi connectivity index (χ1) is 10.4. The third-order valence-electron chi connectivity index (χ3n) is 3.86. The molecule has 5 nitrogen and oxygen atoms in total. The third kappa shape index (κ3) is 4.08. The van der Waals surface area contributed by atoms with E-state index in [0.717, 1.165) is 5.56 Å². The number of carbonyl (C=O) groups excluding carboxylic acids is 1. The molecule has 0 saturated carbocycles. The molecule has 1 amide bonds. The van der Waals surface area contributed by atoms with E-state index in [1.54, 1.807) is 4.90 Å². The van der Waals surface area contributed by atoms with E-state index in [2.05, 4.69) is 0 Å². The van der Waals surface area contributed by atoms with E-state index >= 15 is 0 Å². The third-order valence-corrected chi connectivity index (χ3v) is 5.94. The van der Waals surface area contributed by atoms with Gasteiger partial charge in [-0.25, -0.2) is 12.7 Å². The number of hydrogen-bond acceptors (Lipinski definition) is 3. The average Bonchev–Trinajstić information content (AvgIpc) is 2.73. The van der Waals surface area contributed by atoms with E-state index in [9.17, 15) is 13.2 Å². The summed E-state index contributed by atoms with van der Waals surface area (Å²) in [6, 6.07) is 7.52. The summed E-state index contributed by atoms with van der Waals surface area (Å²) in [5.74, 6) is 0.164. The molecule has 0 N–H and O–H groups in total. The van der Waals surface area contributed by atoms with Crippen LogP contribution in [0.3, 0.4) is 0 Å². The molecule has 2 rings (SSSR count). The topological polar surface area (TPSA) is 57.7 Å². The van der Waals surface area contributed by atoms with Gasteiger partial charge in [0.15, 0.2) is 0 Å². The second kappa shape index (κ2) is 7.24. The standard InChI is InChI=1S/C16H24N2O3S/c1-3-12-22(20,21)18-9-5-8-17(10-11-18)16(19)15-7-4-6-14(2)13-15/h4,6-7,13H,3,5,8-12H2,1-2H3. The summed E-state index contributed by atoms with van der Waals surface area (Å²) < 4.78 is 25.8. The van der Waals surface area contributed by atoms with E-state index in [1.165, 1.54) is 4.31 Å². The highest BCUT2D eigenvalue weighted by molar-refractivity contribution is 7.89. The number of nitrogens with zero attached hydrogens (tertiary/aromatic N) is 2. The van der Waals surface area contributed by atoms with Crippen LogP contribution in [-0.2, 0) is 10.0 Å². The molecular weight excluding hydrogens is 300 g/mol. The van der Waals surface area contributed by atoms with Crippen LogP contribution in [0.25, 0.3) is 0 Å². The molecule has 1 aromatic carbocycles. The molecule has 0 aromatic heterocycles. The molecule has 1 aliphatic rings. The Morgan fingerprint density at radius 2 is 1.95 bits per heavy atom. The highest BCUT2D eigenvalue weighted by atomic mass is 32.2. The lowest BCUT2D eigenvalue weighted by atomic mass is 10.1. The van der Waals surface area contributed by atoms with Crippen LogP contribution in [0.15, 0.2) is 24.3 Å². The zero-order valence-corrected chi connectivity index (χ0v) is 14.1. The normalized spacial score (nSPS) is 17.3. The van der Waals surface area contributed by atoms with E-state index in [4.69, 9.17) is 0 Å². The number of sulfonamides is 1. The fourth-order valence-corrected chi connectivity index (χ4v) is 4.26. The molecule has 0 aliphatic carbocycles. The average molecular weight is 324 g/mol. The number of hydrogen-bond donors (Lipinski definition) is 0. The lowest BCUT2D eigenvalue weighted by molar-refractivity contribution is 0.0764. The summed E-state index contributed by atoms with van der Waals surface area (Å²) in [5.41, 5.74) is 1.72. The van der Waals surface area contributed by atoms with Crippen LogP contribution in [0, 0.1) is 6.92 Å². The van der Waals surface area contributed by atoms with Crippen LogP contribution in [-0.4, -0.2) is 55.5 Å². The Morgan fingerprint density at radius 1 is 1.18 bits per heavy atom. The van der Waals surface area contributed by atoms with Crippen molar-refractivity contribution in [1.29, 1.82) is 0 Å². The molecule has 0 unspecified atom stereocenters. The molecular formula is C16H24N2O3S. The Bertz CT molecular complexity index is 628. The molecule has 1 aromatic rings. The smallest absolute Gasteiger partial charge is 0.253 e. The molecule has 6 heteroatoms. The van der Waals surface area contributed by atoms with Gasteiger partial charge in [0.2, 0.25) is 10.0 Å². The predicted molar refractivity (Wildman–Crippen MR) is 87.4 cm³/mol. The summed E-state index contributed by atoms with van der Waals surface area (Å²) in [5, 5.41) is 0. The molecule has 0 radical (unpaired) electrons. The maximum Gasteiger partial charge on any atom is 0.253 e. The van der Waals surface area contributed by atoms with Crippen molar-refractivity contribution < 1.29 is 13.2 Å². The van der Waals surface area contributed by atoms with Crippen LogP contribution in [0.4, 0.5) is 0 Å². The van der Waals surface area contributed by atoms with Gasteiger partial charge in [0, 0.05) is 31.7 Å². The monoisotopic (exact) mass is 324 g/mol. The van der Waals surface area contributed by atoms with E-state index in [1.807, 2.05) is 38.1 Å². The van der Waals surface area contributed by atoms with Crippen LogP contribution >= 0.6 is 0 Å². The van der Waals surface area contributed by atoms with Crippen molar-refractivity contribution in [3.63, 3.8) is 0 Å². The number of aryl methyl sites for hydroxylation is 1. The Morgan fingerprint density at radius 3 is 2.64 bits per heavy atom. The zero-order valence-electron chi connectivity index (χ0n) is 13.3. The maximum atomic E-state index is 12.5. The predicted octanol–water partition coefficient (Wildman–Crippen LogP) is 1.88. The van der Waals surface area contributed by atoms with E-state index < -0.39 is 10.0 Å². The maximum absolute atomic E-state index is 12.5. The van der Waals surface area contributed by atoms with Crippen LogP contribution < -0.4 is 0 Å². The van der Waals surface area contributed by atoms with Crippen molar-refractivity contribution in [3.8, 4) is 0 Å². The van der Waals surface area contributed by atoms with Gasteiger partial charge in [-0.3, -0.25) is 4.79 Å². The van der Waals surface area contributed by atoms with Gasteiger partial charge in [0.1, 0.15) is 0 Å². The van der Waals surface area contributed by atoms with Gasteiger partial charge in [0.05, 0.1) is 5.75 Å². The summed E-state index contributed by atoms with van der Waals surface area (Å²) in [7, 11) is -3.18. The second-order valence-corrected chi connectivity index (χ2v) is 7.82. The molecule has 0 bridgehead atoms. The lowest BCUT2D eigenvalue weighted by Gasteiger charge is -2.22. The van der Waals surface area contributed by atoms with Crippen molar-refractivity contribution in [1.82, 2.24) is 9.21 Å². The molecule has 22 heavy (non-hydrogen) atoms. The van der Waals surface area contributed by atoms with Gasteiger partial charge in [-0.2, -0.15) is 0 Å². The highest BCUT2D eigenvalue weighted by Gasteiger charge is 2.26. The second-order valence-electron chi connectivity index (χ2n) is 5.73. The number of amides is 1. The van der Waals surface area contributed by atoms with Crippen LogP contribution in [0.5, 0.6) is 0 Å². The van der Waals surface area contributed by atoms with Crippen molar-refractivity contribution in [2.24, 2.45) is 0 Å². The zero-order chi connectivity index (χ0) is 16.2. The fraction of sp³-hybridized carbons (Fsp3) is 0.562. The largest absolute Gasteiger partial charge is 0.337 e. The molecule has 1 aliphatic heterocycles. The Hall–Kier alpha value is -1.40. The van der Waals surface area contributed by atoms with Gasteiger partial charge in [-0.05, 0) is 31.9 Å².